The molecular weight excluding hydrogens is 462 g/mol. The van der Waals surface area contributed by atoms with Crippen molar-refractivity contribution >= 4 is 27.3 Å². The summed E-state index contributed by atoms with van der Waals surface area (Å²) >= 11 is 0. The fourth-order valence-electron chi connectivity index (χ4n) is 4.56. The Morgan fingerprint density at radius 3 is 2.54 bits per heavy atom. The number of aromatic nitrogens is 3. The van der Waals surface area contributed by atoms with Crippen LogP contribution < -0.4 is 4.72 Å². The number of aryl methyl sites for hydroxylation is 3. The lowest BCUT2D eigenvalue weighted by molar-refractivity contribution is 0.0634. The molecule has 0 spiro atoms. The predicted octanol–water partition coefficient (Wildman–Crippen LogP) is 3.97. The van der Waals surface area contributed by atoms with Gasteiger partial charge in [-0.15, -0.1) is 0 Å². The molecule has 0 fully saturated rings. The number of hydrogen-bond acceptors (Lipinski definition) is 5. The third-order valence-corrected chi connectivity index (χ3v) is 7.05. The molecular formula is C26H27N5O3S. The van der Waals surface area contributed by atoms with Crippen LogP contribution in [0.5, 0.6) is 0 Å². The SMILES string of the molecule is Cc1ccc(NS(C)(=O)=O)c(C(=O)N2Cc3ccccc3C[C@H]2c2cc3nc(C)c(C)cn3n2)c1. The van der Waals surface area contributed by atoms with Crippen LogP contribution in [0.25, 0.3) is 5.65 Å². The molecule has 1 aliphatic rings. The van der Waals surface area contributed by atoms with Crippen molar-refractivity contribution in [1.29, 1.82) is 0 Å². The van der Waals surface area contributed by atoms with E-state index in [-0.39, 0.29) is 17.6 Å². The Labute approximate surface area is 204 Å². The Bertz CT molecular complexity index is 1540. The van der Waals surface area contributed by atoms with Crippen molar-refractivity contribution < 1.29 is 13.2 Å². The van der Waals surface area contributed by atoms with Crippen LogP contribution in [-0.2, 0) is 23.0 Å². The van der Waals surface area contributed by atoms with Crippen molar-refractivity contribution in [2.75, 3.05) is 11.0 Å². The molecule has 2 aromatic heterocycles. The molecule has 8 nitrogen and oxygen atoms in total. The molecule has 0 unspecified atom stereocenters. The van der Waals surface area contributed by atoms with Crippen molar-refractivity contribution in [1.82, 2.24) is 19.5 Å². The maximum atomic E-state index is 14.0. The summed E-state index contributed by atoms with van der Waals surface area (Å²) in [6.45, 7) is 6.22. The maximum absolute atomic E-state index is 14.0. The third kappa shape index (κ3) is 4.51. The number of rotatable bonds is 4. The number of nitrogens with zero attached hydrogens (tertiary/aromatic N) is 4. The molecule has 35 heavy (non-hydrogen) atoms. The fourth-order valence-corrected chi connectivity index (χ4v) is 5.14. The van der Waals surface area contributed by atoms with Gasteiger partial charge in [-0.1, -0.05) is 35.9 Å². The van der Waals surface area contributed by atoms with E-state index >= 15 is 0 Å². The summed E-state index contributed by atoms with van der Waals surface area (Å²) in [6.07, 6.45) is 3.62. The van der Waals surface area contributed by atoms with Gasteiger partial charge in [-0.2, -0.15) is 5.10 Å². The molecule has 0 saturated carbocycles. The average molecular weight is 490 g/mol. The number of sulfonamides is 1. The summed E-state index contributed by atoms with van der Waals surface area (Å²) in [5.41, 5.74) is 7.11. The summed E-state index contributed by atoms with van der Waals surface area (Å²) < 4.78 is 28.2. The summed E-state index contributed by atoms with van der Waals surface area (Å²) in [4.78, 5) is 20.4. The van der Waals surface area contributed by atoms with Crippen LogP contribution in [0.4, 0.5) is 5.69 Å². The van der Waals surface area contributed by atoms with Gasteiger partial charge in [-0.3, -0.25) is 9.52 Å². The van der Waals surface area contributed by atoms with Gasteiger partial charge in [0.2, 0.25) is 10.0 Å². The summed E-state index contributed by atoms with van der Waals surface area (Å²) in [5.74, 6) is -0.253. The monoisotopic (exact) mass is 489 g/mol. The minimum atomic E-state index is -3.56. The quantitative estimate of drug-likeness (QED) is 0.468. The maximum Gasteiger partial charge on any atom is 0.256 e. The number of fused-ring (bicyclic) bond motifs is 2. The van der Waals surface area contributed by atoms with Crippen molar-refractivity contribution in [3.05, 3.63) is 93.9 Å². The standard InChI is InChI=1S/C26H27N5O3S/c1-16-9-10-22(29-35(4,33)34)21(11-16)26(32)30-15-20-8-6-5-7-19(20)12-24(30)23-13-25-27-18(3)17(2)14-31(25)28-23/h5-11,13-14,24,29H,12,15H2,1-4H3/t24-/m0/s1. The molecule has 0 aliphatic carbocycles. The summed E-state index contributed by atoms with van der Waals surface area (Å²) in [6, 6.07) is 14.8. The van der Waals surface area contributed by atoms with Crippen LogP contribution in [0.2, 0.25) is 0 Å². The number of amides is 1. The Morgan fingerprint density at radius 1 is 1.06 bits per heavy atom. The zero-order valence-electron chi connectivity index (χ0n) is 20.1. The van der Waals surface area contributed by atoms with Crippen LogP contribution >= 0.6 is 0 Å². The van der Waals surface area contributed by atoms with E-state index in [0.29, 0.717) is 18.5 Å². The normalized spacial score (nSPS) is 15.8. The second-order valence-corrected chi connectivity index (χ2v) is 11.0. The number of benzene rings is 2. The van der Waals surface area contributed by atoms with Crippen molar-refractivity contribution in [3.63, 3.8) is 0 Å². The highest BCUT2D eigenvalue weighted by Gasteiger charge is 2.34. The molecule has 0 radical (unpaired) electrons. The zero-order chi connectivity index (χ0) is 24.9. The number of carbonyl (C=O) groups is 1. The molecule has 1 atom stereocenters. The zero-order valence-corrected chi connectivity index (χ0v) is 20.9. The Kier molecular flexibility index (Phi) is 5.59. The lowest BCUT2D eigenvalue weighted by Gasteiger charge is -2.36. The van der Waals surface area contributed by atoms with E-state index in [9.17, 15) is 13.2 Å². The second-order valence-electron chi connectivity index (χ2n) is 9.23. The van der Waals surface area contributed by atoms with E-state index in [2.05, 4.69) is 15.8 Å². The van der Waals surface area contributed by atoms with Gasteiger partial charge in [0, 0.05) is 24.5 Å². The molecule has 9 heteroatoms. The van der Waals surface area contributed by atoms with Gasteiger partial charge in [0.05, 0.1) is 29.2 Å². The summed E-state index contributed by atoms with van der Waals surface area (Å²) in [7, 11) is -3.56. The number of anilines is 1. The molecule has 5 rings (SSSR count). The minimum Gasteiger partial charge on any atom is -0.325 e. The molecule has 3 heterocycles. The van der Waals surface area contributed by atoms with Crippen LogP contribution in [0.15, 0.2) is 54.7 Å². The Balaban J connectivity index is 1.62. The Hall–Kier alpha value is -3.72. The first-order valence-corrected chi connectivity index (χ1v) is 13.3. The molecule has 1 amide bonds. The first kappa shape index (κ1) is 23.0. The average Bonchev–Trinajstić information content (AvgIpc) is 3.20. The summed E-state index contributed by atoms with van der Waals surface area (Å²) in [5, 5.41) is 4.79. The topological polar surface area (TPSA) is 96.7 Å². The van der Waals surface area contributed by atoms with Crippen LogP contribution in [0, 0.1) is 20.8 Å². The van der Waals surface area contributed by atoms with Gasteiger partial charge >= 0.3 is 0 Å². The molecule has 2 aromatic carbocycles. The van der Waals surface area contributed by atoms with E-state index in [4.69, 9.17) is 5.10 Å². The Morgan fingerprint density at radius 2 is 1.80 bits per heavy atom. The van der Waals surface area contributed by atoms with E-state index < -0.39 is 10.0 Å². The van der Waals surface area contributed by atoms with Gasteiger partial charge in [-0.25, -0.2) is 17.9 Å². The van der Waals surface area contributed by atoms with E-state index in [0.717, 1.165) is 45.5 Å². The van der Waals surface area contributed by atoms with Gasteiger partial charge in [0.15, 0.2) is 5.65 Å². The van der Waals surface area contributed by atoms with Crippen molar-refractivity contribution in [2.45, 2.75) is 39.8 Å². The molecule has 0 saturated heterocycles. The highest BCUT2D eigenvalue weighted by atomic mass is 32.2. The van der Waals surface area contributed by atoms with Crippen LogP contribution in [0.3, 0.4) is 0 Å². The number of carbonyl (C=O) groups excluding carboxylic acids is 1. The van der Waals surface area contributed by atoms with Crippen LogP contribution in [-0.4, -0.2) is 40.1 Å². The second kappa shape index (κ2) is 8.49. The molecule has 4 aromatic rings. The lowest BCUT2D eigenvalue weighted by atomic mass is 9.91. The fraction of sp³-hybridized carbons (Fsp3) is 0.269. The van der Waals surface area contributed by atoms with Crippen LogP contribution in [0.1, 0.15) is 50.0 Å². The molecule has 1 aliphatic heterocycles. The van der Waals surface area contributed by atoms with Gasteiger partial charge in [-0.05, 0) is 56.0 Å². The number of nitrogens with one attached hydrogen (secondary N) is 1. The van der Waals surface area contributed by atoms with E-state index in [1.54, 1.807) is 27.6 Å². The minimum absolute atomic E-state index is 0.253. The molecule has 0 bridgehead atoms. The smallest absolute Gasteiger partial charge is 0.256 e. The lowest BCUT2D eigenvalue weighted by Crippen LogP contribution is -2.39. The van der Waals surface area contributed by atoms with Gasteiger partial charge < -0.3 is 4.90 Å². The predicted molar refractivity (Wildman–Crippen MR) is 135 cm³/mol. The largest absolute Gasteiger partial charge is 0.325 e. The van der Waals surface area contributed by atoms with Gasteiger partial charge in [0.25, 0.3) is 5.91 Å². The first-order chi connectivity index (χ1) is 16.6. The van der Waals surface area contributed by atoms with Crippen molar-refractivity contribution in [2.24, 2.45) is 0 Å². The van der Waals surface area contributed by atoms with E-state index in [1.165, 1.54) is 0 Å². The first-order valence-electron chi connectivity index (χ1n) is 11.4. The molecule has 1 N–H and O–H groups in total. The molecule has 180 valence electrons. The number of hydrogen-bond donors (Lipinski definition) is 1. The highest BCUT2D eigenvalue weighted by Crippen LogP contribution is 2.35. The third-order valence-electron chi connectivity index (χ3n) is 6.46. The van der Waals surface area contributed by atoms with E-state index in [1.807, 2.05) is 51.2 Å². The highest BCUT2D eigenvalue weighted by molar-refractivity contribution is 7.92. The van der Waals surface area contributed by atoms with Crippen molar-refractivity contribution in [3.8, 4) is 0 Å². The van der Waals surface area contributed by atoms with Gasteiger partial charge in [0.1, 0.15) is 0 Å².